The lowest BCUT2D eigenvalue weighted by Crippen LogP contribution is -2.55. The Morgan fingerprint density at radius 1 is 1.42 bits per heavy atom. The summed E-state index contributed by atoms with van der Waals surface area (Å²) in [5, 5.41) is 6.14. The smallest absolute Gasteiger partial charge is 0.245 e. The van der Waals surface area contributed by atoms with E-state index in [-0.39, 0.29) is 30.3 Å². The molecule has 1 aromatic rings. The molecule has 1 saturated heterocycles. The van der Waals surface area contributed by atoms with Gasteiger partial charge in [0.2, 0.25) is 11.8 Å². The Labute approximate surface area is 149 Å². The summed E-state index contributed by atoms with van der Waals surface area (Å²) in [4.78, 5) is 30.9. The molecule has 0 aromatic carbocycles. The van der Waals surface area contributed by atoms with E-state index in [0.717, 1.165) is 12.1 Å². The first-order chi connectivity index (χ1) is 10.8. The van der Waals surface area contributed by atoms with Gasteiger partial charge in [0.25, 0.3) is 0 Å². The molecule has 1 aliphatic heterocycles. The Morgan fingerprint density at radius 3 is 2.71 bits per heavy atom. The van der Waals surface area contributed by atoms with Crippen molar-refractivity contribution in [1.82, 2.24) is 20.5 Å². The lowest BCUT2D eigenvalue weighted by Gasteiger charge is -2.38. The fraction of sp³-hybridized carbons (Fsp3) is 0.588. The Hall–Kier alpha value is -1.66. The Bertz CT molecular complexity index is 559. The first-order valence-corrected chi connectivity index (χ1v) is 8.03. The molecule has 0 bridgehead atoms. The quantitative estimate of drug-likeness (QED) is 0.863. The predicted octanol–water partition coefficient (Wildman–Crippen LogP) is 1.53. The third-order valence-corrected chi connectivity index (χ3v) is 3.99. The van der Waals surface area contributed by atoms with Crippen LogP contribution in [0, 0.1) is 5.41 Å². The number of pyridine rings is 1. The zero-order chi connectivity index (χ0) is 17.0. The molecule has 2 rings (SSSR count). The van der Waals surface area contributed by atoms with E-state index in [1.807, 2.05) is 37.8 Å². The molecule has 2 heterocycles. The maximum Gasteiger partial charge on any atom is 0.245 e. The molecule has 1 aromatic heterocycles. The van der Waals surface area contributed by atoms with E-state index in [1.165, 1.54) is 0 Å². The summed E-state index contributed by atoms with van der Waals surface area (Å²) in [6.07, 6.45) is 3.51. The van der Waals surface area contributed by atoms with Gasteiger partial charge in [-0.25, -0.2) is 0 Å². The number of halogens is 1. The molecule has 2 unspecified atom stereocenters. The van der Waals surface area contributed by atoms with Crippen molar-refractivity contribution >= 4 is 24.2 Å². The molecule has 2 amide bonds. The number of piperazine rings is 1. The van der Waals surface area contributed by atoms with Gasteiger partial charge in [0.05, 0.1) is 6.04 Å². The van der Waals surface area contributed by atoms with Crippen LogP contribution in [0.1, 0.15) is 39.3 Å². The molecule has 24 heavy (non-hydrogen) atoms. The molecule has 2 N–H and O–H groups in total. The van der Waals surface area contributed by atoms with Crippen LogP contribution in [0.5, 0.6) is 0 Å². The van der Waals surface area contributed by atoms with Crippen molar-refractivity contribution in [2.24, 2.45) is 5.41 Å². The van der Waals surface area contributed by atoms with E-state index >= 15 is 0 Å². The van der Waals surface area contributed by atoms with Gasteiger partial charge in [0.15, 0.2) is 0 Å². The normalized spacial score (nSPS) is 19.2. The van der Waals surface area contributed by atoms with Crippen LogP contribution >= 0.6 is 12.4 Å². The second kappa shape index (κ2) is 8.44. The highest BCUT2D eigenvalue weighted by Gasteiger charge is 2.32. The molecule has 0 radical (unpaired) electrons. The van der Waals surface area contributed by atoms with E-state index in [1.54, 1.807) is 19.3 Å². The third kappa shape index (κ3) is 4.92. The van der Waals surface area contributed by atoms with Crippen molar-refractivity contribution < 1.29 is 9.59 Å². The average molecular weight is 355 g/mol. The van der Waals surface area contributed by atoms with Crippen LogP contribution in [0.15, 0.2) is 24.5 Å². The third-order valence-electron chi connectivity index (χ3n) is 3.99. The van der Waals surface area contributed by atoms with E-state index in [2.05, 4.69) is 15.6 Å². The number of hydrogen-bond acceptors (Lipinski definition) is 4. The second-order valence-electron chi connectivity index (χ2n) is 6.98. The number of nitrogens with zero attached hydrogens (tertiary/aromatic N) is 2. The molecule has 6 nitrogen and oxygen atoms in total. The van der Waals surface area contributed by atoms with Crippen LogP contribution in [0.25, 0.3) is 0 Å². The predicted molar refractivity (Wildman–Crippen MR) is 95.9 cm³/mol. The molecule has 1 aliphatic rings. The highest BCUT2D eigenvalue weighted by Crippen LogP contribution is 2.22. The van der Waals surface area contributed by atoms with Crippen LogP contribution in [0.4, 0.5) is 0 Å². The number of nitrogens with one attached hydrogen (secondary N) is 2. The van der Waals surface area contributed by atoms with E-state index < -0.39 is 11.5 Å². The van der Waals surface area contributed by atoms with Crippen molar-refractivity contribution in [3.8, 4) is 0 Å². The molecule has 1 fully saturated rings. The molecule has 0 saturated carbocycles. The van der Waals surface area contributed by atoms with Gasteiger partial charge in [-0.2, -0.15) is 0 Å². The van der Waals surface area contributed by atoms with Crippen molar-refractivity contribution in [3.05, 3.63) is 30.1 Å². The van der Waals surface area contributed by atoms with Crippen molar-refractivity contribution in [3.63, 3.8) is 0 Å². The van der Waals surface area contributed by atoms with Crippen molar-refractivity contribution in [2.75, 3.05) is 19.6 Å². The Kier molecular flexibility index (Phi) is 7.17. The van der Waals surface area contributed by atoms with E-state index in [4.69, 9.17) is 0 Å². The van der Waals surface area contributed by atoms with Gasteiger partial charge in [-0.05, 0) is 18.6 Å². The number of rotatable bonds is 3. The highest BCUT2D eigenvalue weighted by atomic mass is 35.5. The molecule has 134 valence electrons. The highest BCUT2D eigenvalue weighted by molar-refractivity contribution is 5.89. The molecule has 0 spiro atoms. The molecule has 7 heteroatoms. The van der Waals surface area contributed by atoms with E-state index in [9.17, 15) is 9.59 Å². The van der Waals surface area contributed by atoms with Crippen LogP contribution in [-0.4, -0.2) is 47.4 Å². The van der Waals surface area contributed by atoms with Crippen LogP contribution in [0.2, 0.25) is 0 Å². The summed E-state index contributed by atoms with van der Waals surface area (Å²) in [7, 11) is 0. The fourth-order valence-corrected chi connectivity index (χ4v) is 2.56. The van der Waals surface area contributed by atoms with Gasteiger partial charge in [-0.3, -0.25) is 14.6 Å². The SMILES string of the molecule is CC(NC(=O)C(C)(C)C)C(=O)N1CCNCC1c1cccnc1.Cl. The first-order valence-electron chi connectivity index (χ1n) is 8.03. The number of hydrogen-bond donors (Lipinski definition) is 2. The zero-order valence-electron chi connectivity index (χ0n) is 14.7. The second-order valence-corrected chi connectivity index (χ2v) is 6.98. The van der Waals surface area contributed by atoms with Crippen LogP contribution in [-0.2, 0) is 9.59 Å². The minimum Gasteiger partial charge on any atom is -0.344 e. The molecular weight excluding hydrogens is 328 g/mol. The Balaban J connectivity index is 0.00000288. The van der Waals surface area contributed by atoms with Gasteiger partial charge in [-0.15, -0.1) is 12.4 Å². The fourth-order valence-electron chi connectivity index (χ4n) is 2.56. The number of carbonyl (C=O) groups excluding carboxylic acids is 2. The Morgan fingerprint density at radius 2 is 2.12 bits per heavy atom. The van der Waals surface area contributed by atoms with Crippen molar-refractivity contribution in [2.45, 2.75) is 39.8 Å². The molecular formula is C17H27ClN4O2. The van der Waals surface area contributed by atoms with E-state index in [0.29, 0.717) is 13.1 Å². The monoisotopic (exact) mass is 354 g/mol. The maximum absolute atomic E-state index is 12.8. The summed E-state index contributed by atoms with van der Waals surface area (Å²) < 4.78 is 0. The minimum absolute atomic E-state index is 0. The molecule has 2 atom stereocenters. The summed E-state index contributed by atoms with van der Waals surface area (Å²) in [6, 6.07) is 3.25. The van der Waals surface area contributed by atoms with Crippen LogP contribution < -0.4 is 10.6 Å². The average Bonchev–Trinajstić information content (AvgIpc) is 2.54. The largest absolute Gasteiger partial charge is 0.344 e. The zero-order valence-corrected chi connectivity index (χ0v) is 15.5. The van der Waals surface area contributed by atoms with Gasteiger partial charge < -0.3 is 15.5 Å². The standard InChI is InChI=1S/C17H26N4O2.ClH/c1-12(20-16(23)17(2,3)4)15(22)21-9-8-19-11-14(21)13-6-5-7-18-10-13;/h5-7,10,12,14,19H,8-9,11H2,1-4H3,(H,20,23);1H. The summed E-state index contributed by atoms with van der Waals surface area (Å²) >= 11 is 0. The van der Waals surface area contributed by atoms with Gasteiger partial charge >= 0.3 is 0 Å². The lowest BCUT2D eigenvalue weighted by molar-refractivity contribution is -0.140. The number of carbonyl (C=O) groups is 2. The maximum atomic E-state index is 12.8. The summed E-state index contributed by atoms with van der Waals surface area (Å²) in [5.74, 6) is -0.177. The first kappa shape index (κ1) is 20.4. The topological polar surface area (TPSA) is 74.3 Å². The van der Waals surface area contributed by atoms with Gasteiger partial charge in [0, 0.05) is 37.4 Å². The van der Waals surface area contributed by atoms with Gasteiger partial charge in [-0.1, -0.05) is 26.8 Å². The minimum atomic E-state index is -0.543. The number of aromatic nitrogens is 1. The number of amides is 2. The lowest BCUT2D eigenvalue weighted by atomic mass is 9.95. The summed E-state index contributed by atoms with van der Waals surface area (Å²) in [5.41, 5.74) is 0.489. The summed E-state index contributed by atoms with van der Waals surface area (Å²) in [6.45, 7) is 9.32. The van der Waals surface area contributed by atoms with Crippen LogP contribution in [0.3, 0.4) is 0 Å². The van der Waals surface area contributed by atoms with Gasteiger partial charge in [0.1, 0.15) is 6.04 Å². The van der Waals surface area contributed by atoms with Crippen molar-refractivity contribution in [1.29, 1.82) is 0 Å². The molecule has 0 aliphatic carbocycles.